The maximum atomic E-state index is 10.6. The van der Waals surface area contributed by atoms with Crippen LogP contribution in [0.4, 0.5) is 0 Å². The van der Waals surface area contributed by atoms with Crippen molar-refractivity contribution >= 4 is 11.9 Å². The number of hydrogen-bond acceptors (Lipinski definition) is 4. The molecule has 0 spiro atoms. The molecule has 0 aromatic heterocycles. The van der Waals surface area contributed by atoms with Gasteiger partial charge in [-0.05, 0) is 6.92 Å². The van der Waals surface area contributed by atoms with Gasteiger partial charge in [0.2, 0.25) is 6.08 Å². The van der Waals surface area contributed by atoms with E-state index in [2.05, 4.69) is 4.99 Å². The molecular weight excluding hydrogens is 134 g/mol. The van der Waals surface area contributed by atoms with Crippen LogP contribution in [0.25, 0.3) is 0 Å². The highest BCUT2D eigenvalue weighted by atomic mass is 16.5. The van der Waals surface area contributed by atoms with Gasteiger partial charge >= 0.3 is 0 Å². The average Bonchev–Trinajstić information content (AvgIpc) is 1.89. The lowest BCUT2D eigenvalue weighted by atomic mass is 10.2. The maximum absolute atomic E-state index is 10.6. The molecule has 0 bridgehead atoms. The van der Waals surface area contributed by atoms with Gasteiger partial charge < -0.3 is 4.74 Å². The smallest absolute Gasteiger partial charge is 0.235 e. The first-order valence-corrected chi connectivity index (χ1v) is 2.79. The summed E-state index contributed by atoms with van der Waals surface area (Å²) in [5.41, 5.74) is 0. The summed E-state index contributed by atoms with van der Waals surface area (Å²) in [5, 5.41) is 0. The van der Waals surface area contributed by atoms with Gasteiger partial charge in [-0.1, -0.05) is 0 Å². The lowest BCUT2D eigenvalue weighted by molar-refractivity contribution is -0.125. The molecule has 0 saturated heterocycles. The first-order chi connectivity index (χ1) is 4.72. The predicted molar refractivity (Wildman–Crippen MR) is 34.5 cm³/mol. The van der Waals surface area contributed by atoms with Crippen molar-refractivity contribution in [3.8, 4) is 0 Å². The van der Waals surface area contributed by atoms with Gasteiger partial charge in [0.15, 0.2) is 5.78 Å². The second kappa shape index (κ2) is 4.85. The van der Waals surface area contributed by atoms with E-state index in [1.165, 1.54) is 20.1 Å². The van der Waals surface area contributed by atoms with E-state index < -0.39 is 6.10 Å². The Morgan fingerprint density at radius 1 is 1.80 bits per heavy atom. The van der Waals surface area contributed by atoms with Crippen molar-refractivity contribution in [2.75, 3.05) is 13.7 Å². The second-order valence-electron chi connectivity index (χ2n) is 1.77. The minimum absolute atomic E-state index is 0.0648. The number of ketones is 1. The Labute approximate surface area is 58.9 Å². The highest BCUT2D eigenvalue weighted by Gasteiger charge is 2.10. The summed E-state index contributed by atoms with van der Waals surface area (Å²) < 4.78 is 4.69. The number of isocyanates is 1. The summed E-state index contributed by atoms with van der Waals surface area (Å²) in [6.07, 6.45) is 0.734. The number of carbonyl (C=O) groups excluding carboxylic acids is 2. The Balaban J connectivity index is 3.82. The van der Waals surface area contributed by atoms with E-state index in [1.54, 1.807) is 0 Å². The third-order valence-electron chi connectivity index (χ3n) is 1.06. The largest absolute Gasteiger partial charge is 0.372 e. The molecule has 0 amide bonds. The van der Waals surface area contributed by atoms with E-state index in [1.807, 2.05) is 0 Å². The second-order valence-corrected chi connectivity index (χ2v) is 1.77. The summed E-state index contributed by atoms with van der Waals surface area (Å²) >= 11 is 0. The molecule has 10 heavy (non-hydrogen) atoms. The zero-order valence-electron chi connectivity index (χ0n) is 5.96. The minimum Gasteiger partial charge on any atom is -0.372 e. The van der Waals surface area contributed by atoms with E-state index in [0.717, 1.165) is 0 Å². The zero-order chi connectivity index (χ0) is 7.98. The van der Waals surface area contributed by atoms with Gasteiger partial charge in [0, 0.05) is 7.11 Å². The molecule has 1 atom stereocenters. The van der Waals surface area contributed by atoms with Gasteiger partial charge in [-0.3, -0.25) is 4.79 Å². The third-order valence-corrected chi connectivity index (χ3v) is 1.06. The highest BCUT2D eigenvalue weighted by Crippen LogP contribution is 1.91. The van der Waals surface area contributed by atoms with Crippen LogP contribution in [0.5, 0.6) is 0 Å². The molecule has 0 aliphatic carbocycles. The average molecular weight is 143 g/mol. The number of hydrogen-bond donors (Lipinski definition) is 0. The Hall–Kier alpha value is -0.990. The Morgan fingerprint density at radius 2 is 2.40 bits per heavy atom. The van der Waals surface area contributed by atoms with Crippen molar-refractivity contribution in [2.45, 2.75) is 13.0 Å². The van der Waals surface area contributed by atoms with E-state index in [-0.39, 0.29) is 12.3 Å². The number of rotatable bonds is 4. The number of nitrogens with zero attached hydrogens (tertiary/aromatic N) is 1. The fourth-order valence-electron chi connectivity index (χ4n) is 0.489. The number of carbonyl (C=O) groups is 1. The van der Waals surface area contributed by atoms with Crippen molar-refractivity contribution in [2.24, 2.45) is 4.99 Å². The molecule has 4 nitrogen and oxygen atoms in total. The highest BCUT2D eigenvalue weighted by molar-refractivity contribution is 5.80. The van der Waals surface area contributed by atoms with E-state index in [0.29, 0.717) is 0 Å². The lowest BCUT2D eigenvalue weighted by Crippen LogP contribution is -2.23. The Kier molecular flexibility index (Phi) is 4.37. The summed E-state index contributed by atoms with van der Waals surface area (Å²) in [4.78, 5) is 23.4. The van der Waals surface area contributed by atoms with Gasteiger partial charge in [-0.25, -0.2) is 9.79 Å². The van der Waals surface area contributed by atoms with Crippen LogP contribution in [-0.2, 0) is 14.3 Å². The molecule has 0 aromatic carbocycles. The minimum atomic E-state index is -0.596. The van der Waals surface area contributed by atoms with Crippen LogP contribution in [0.15, 0.2) is 4.99 Å². The lowest BCUT2D eigenvalue weighted by Gasteiger charge is -2.05. The van der Waals surface area contributed by atoms with Crippen LogP contribution in [0.1, 0.15) is 6.92 Å². The molecule has 0 aromatic rings. The van der Waals surface area contributed by atoms with Gasteiger partial charge in [0.05, 0.1) is 6.54 Å². The first kappa shape index (κ1) is 9.01. The number of ether oxygens (including phenoxy) is 1. The topological polar surface area (TPSA) is 55.7 Å². The summed E-state index contributed by atoms with van der Waals surface area (Å²) in [6, 6.07) is 0. The van der Waals surface area contributed by atoms with Crippen LogP contribution in [0.3, 0.4) is 0 Å². The maximum Gasteiger partial charge on any atom is 0.235 e. The van der Waals surface area contributed by atoms with Crippen LogP contribution >= 0.6 is 0 Å². The monoisotopic (exact) mass is 143 g/mol. The summed E-state index contributed by atoms with van der Waals surface area (Å²) in [5.74, 6) is -0.137. The summed E-state index contributed by atoms with van der Waals surface area (Å²) in [6.45, 7) is 1.45. The fraction of sp³-hybridized carbons (Fsp3) is 0.667. The first-order valence-electron chi connectivity index (χ1n) is 2.79. The molecule has 0 N–H and O–H groups in total. The van der Waals surface area contributed by atoms with Crippen LogP contribution in [0.2, 0.25) is 0 Å². The van der Waals surface area contributed by atoms with Gasteiger partial charge in [0.25, 0.3) is 0 Å². The molecule has 1 unspecified atom stereocenters. The van der Waals surface area contributed by atoms with Crippen molar-refractivity contribution in [3.63, 3.8) is 0 Å². The zero-order valence-corrected chi connectivity index (χ0v) is 5.96. The number of aliphatic imine (C=N–C) groups is 1. The Morgan fingerprint density at radius 3 is 2.70 bits per heavy atom. The molecule has 4 heteroatoms. The molecule has 0 fully saturated rings. The quantitative estimate of drug-likeness (QED) is 0.408. The van der Waals surface area contributed by atoms with Crippen molar-refractivity contribution in [1.82, 2.24) is 0 Å². The van der Waals surface area contributed by atoms with Crippen LogP contribution in [-0.4, -0.2) is 31.6 Å². The van der Waals surface area contributed by atoms with Crippen molar-refractivity contribution in [1.29, 1.82) is 0 Å². The summed E-state index contributed by atoms with van der Waals surface area (Å²) in [7, 11) is 1.40. The van der Waals surface area contributed by atoms with Crippen molar-refractivity contribution < 1.29 is 14.3 Å². The van der Waals surface area contributed by atoms with Crippen LogP contribution in [0, 0.1) is 0 Å². The number of methoxy groups -OCH3 is 1. The van der Waals surface area contributed by atoms with Gasteiger partial charge in [-0.15, -0.1) is 0 Å². The normalized spacial score (nSPS) is 11.8. The molecule has 0 radical (unpaired) electrons. The molecule has 0 aliphatic heterocycles. The molecular formula is C6H9NO3. The molecule has 0 saturated carbocycles. The Bertz CT molecular complexity index is 160. The molecule has 0 heterocycles. The van der Waals surface area contributed by atoms with Crippen molar-refractivity contribution in [3.05, 3.63) is 0 Å². The van der Waals surface area contributed by atoms with E-state index >= 15 is 0 Å². The van der Waals surface area contributed by atoms with Gasteiger partial charge in [0.1, 0.15) is 6.10 Å². The van der Waals surface area contributed by atoms with E-state index in [4.69, 9.17) is 4.74 Å². The van der Waals surface area contributed by atoms with Crippen LogP contribution < -0.4 is 0 Å². The van der Waals surface area contributed by atoms with E-state index in [9.17, 15) is 9.59 Å². The SMILES string of the molecule is COC(CN=C=O)C(C)=O. The standard InChI is InChI=1S/C6H9NO3/c1-5(9)6(10-2)3-7-4-8/h6H,3H2,1-2H3. The predicted octanol–water partition coefficient (Wildman–Crippen LogP) is -0.0738. The third kappa shape index (κ3) is 3.12. The number of Topliss-reactive ketones (excluding diaryl/α,β-unsaturated/α-hetero) is 1. The molecule has 56 valence electrons. The fourth-order valence-corrected chi connectivity index (χ4v) is 0.489. The molecule has 0 rings (SSSR count). The van der Waals surface area contributed by atoms with Gasteiger partial charge in [-0.2, -0.15) is 0 Å². The molecule has 0 aliphatic rings.